The molecule has 0 saturated heterocycles. The van der Waals surface area contributed by atoms with Gasteiger partial charge in [0.25, 0.3) is 0 Å². The second-order valence-electron chi connectivity index (χ2n) is 4.12. The summed E-state index contributed by atoms with van der Waals surface area (Å²) in [6.07, 6.45) is 0. The van der Waals surface area contributed by atoms with Gasteiger partial charge in [0.05, 0.1) is 4.88 Å². The Bertz CT molecular complexity index is 665. The van der Waals surface area contributed by atoms with Crippen LogP contribution in [-0.4, -0.2) is 0 Å². The third kappa shape index (κ3) is 2.28. The maximum absolute atomic E-state index is 5.90. The summed E-state index contributed by atoms with van der Waals surface area (Å²) in [5, 5.41) is 6.39. The molecule has 3 aromatic rings. The first-order valence-corrected chi connectivity index (χ1v) is 8.60. The van der Waals surface area contributed by atoms with Crippen molar-refractivity contribution in [2.75, 3.05) is 0 Å². The lowest BCUT2D eigenvalue weighted by molar-refractivity contribution is 0.996. The van der Waals surface area contributed by atoms with Crippen molar-refractivity contribution >= 4 is 34.0 Å². The highest BCUT2D eigenvalue weighted by molar-refractivity contribution is 7.21. The molecule has 5 heteroatoms. The summed E-state index contributed by atoms with van der Waals surface area (Å²) < 4.78 is 0. The van der Waals surface area contributed by atoms with Gasteiger partial charge in [-0.05, 0) is 39.4 Å². The van der Waals surface area contributed by atoms with Gasteiger partial charge in [0, 0.05) is 28.4 Å². The highest BCUT2D eigenvalue weighted by Crippen LogP contribution is 2.43. The minimum absolute atomic E-state index is 0.547. The average molecular weight is 306 g/mol. The minimum Gasteiger partial charge on any atom is -0.326 e. The first kappa shape index (κ1) is 13.0. The van der Waals surface area contributed by atoms with Crippen molar-refractivity contribution in [2.45, 2.75) is 13.1 Å². The molecule has 2 nitrogen and oxygen atoms in total. The van der Waals surface area contributed by atoms with Crippen LogP contribution in [0, 0.1) is 0 Å². The summed E-state index contributed by atoms with van der Waals surface area (Å²) >= 11 is 5.30. The fourth-order valence-corrected chi connectivity index (χ4v) is 5.13. The monoisotopic (exact) mass is 306 g/mol. The molecule has 0 radical (unpaired) electrons. The molecule has 4 N–H and O–H groups in total. The molecule has 0 spiro atoms. The topological polar surface area (TPSA) is 52.0 Å². The quantitative estimate of drug-likeness (QED) is 0.761. The van der Waals surface area contributed by atoms with Crippen molar-refractivity contribution < 1.29 is 0 Å². The van der Waals surface area contributed by atoms with Crippen LogP contribution in [0.25, 0.3) is 20.2 Å². The molecule has 19 heavy (non-hydrogen) atoms. The summed E-state index contributed by atoms with van der Waals surface area (Å²) in [6.45, 7) is 1.10. The maximum Gasteiger partial charge on any atom is 0.0529 e. The van der Waals surface area contributed by atoms with Crippen LogP contribution in [0.3, 0.4) is 0 Å². The summed E-state index contributed by atoms with van der Waals surface area (Å²) in [5.74, 6) is 0. The molecule has 3 aromatic heterocycles. The molecule has 0 fully saturated rings. The van der Waals surface area contributed by atoms with Crippen LogP contribution < -0.4 is 11.5 Å². The van der Waals surface area contributed by atoms with E-state index in [1.165, 1.54) is 31.3 Å². The van der Waals surface area contributed by atoms with Crippen LogP contribution in [0.4, 0.5) is 0 Å². The van der Waals surface area contributed by atoms with E-state index in [0.717, 1.165) is 0 Å². The molecule has 3 rings (SSSR count). The Labute approximate surface area is 124 Å². The molecule has 0 aromatic carbocycles. The van der Waals surface area contributed by atoms with E-state index in [2.05, 4.69) is 34.3 Å². The Morgan fingerprint density at radius 3 is 2.47 bits per heavy atom. The van der Waals surface area contributed by atoms with Crippen LogP contribution in [0.1, 0.15) is 11.1 Å². The molecular weight excluding hydrogens is 292 g/mol. The van der Waals surface area contributed by atoms with Gasteiger partial charge in [0.2, 0.25) is 0 Å². The number of thiophene rings is 3. The van der Waals surface area contributed by atoms with Crippen LogP contribution >= 0.6 is 34.0 Å². The summed E-state index contributed by atoms with van der Waals surface area (Å²) in [5.41, 5.74) is 15.3. The molecule has 0 atom stereocenters. The zero-order chi connectivity index (χ0) is 13.2. The summed E-state index contributed by atoms with van der Waals surface area (Å²) in [4.78, 5) is 3.92. The van der Waals surface area contributed by atoms with Gasteiger partial charge in [0.1, 0.15) is 0 Å². The zero-order valence-corrected chi connectivity index (χ0v) is 12.7. The van der Waals surface area contributed by atoms with Gasteiger partial charge >= 0.3 is 0 Å². The first-order valence-electron chi connectivity index (χ1n) is 5.96. The van der Waals surface area contributed by atoms with Gasteiger partial charge in [-0.2, -0.15) is 0 Å². The average Bonchev–Trinajstić information content (AvgIpc) is 3.16. The van der Waals surface area contributed by atoms with Gasteiger partial charge in [-0.1, -0.05) is 6.07 Å². The minimum atomic E-state index is 0.547. The van der Waals surface area contributed by atoms with Crippen LogP contribution in [0.15, 0.2) is 34.3 Å². The van der Waals surface area contributed by atoms with E-state index < -0.39 is 0 Å². The van der Waals surface area contributed by atoms with E-state index in [-0.39, 0.29) is 0 Å². The number of rotatable bonds is 4. The normalized spacial score (nSPS) is 11.1. The Morgan fingerprint density at radius 2 is 1.79 bits per heavy atom. The molecule has 0 aliphatic heterocycles. The fourth-order valence-electron chi connectivity index (χ4n) is 2.13. The zero-order valence-electron chi connectivity index (χ0n) is 10.3. The van der Waals surface area contributed by atoms with Gasteiger partial charge < -0.3 is 11.5 Å². The third-order valence-electron chi connectivity index (χ3n) is 3.06. The molecule has 0 saturated carbocycles. The predicted octanol–water partition coefficient (Wildman–Crippen LogP) is 4.12. The number of hydrogen-bond donors (Lipinski definition) is 2. The molecule has 0 unspecified atom stereocenters. The highest BCUT2D eigenvalue weighted by atomic mass is 32.1. The molecule has 0 aliphatic rings. The number of hydrogen-bond acceptors (Lipinski definition) is 5. The fraction of sp³-hybridized carbons (Fsp3) is 0.143. The largest absolute Gasteiger partial charge is 0.326 e. The van der Waals surface area contributed by atoms with E-state index in [4.69, 9.17) is 11.5 Å². The molecular formula is C14H14N2S3. The van der Waals surface area contributed by atoms with Crippen molar-refractivity contribution in [1.29, 1.82) is 0 Å². The molecule has 98 valence electrons. The second kappa shape index (κ2) is 5.56. The smallest absolute Gasteiger partial charge is 0.0529 e. The maximum atomic E-state index is 5.90. The van der Waals surface area contributed by atoms with Gasteiger partial charge in [-0.3, -0.25) is 0 Å². The summed E-state index contributed by atoms with van der Waals surface area (Å²) in [7, 11) is 0. The van der Waals surface area contributed by atoms with Crippen molar-refractivity contribution in [3.05, 3.63) is 45.5 Å². The predicted molar refractivity (Wildman–Crippen MR) is 86.7 cm³/mol. The van der Waals surface area contributed by atoms with Gasteiger partial charge in [-0.15, -0.1) is 34.0 Å². The highest BCUT2D eigenvalue weighted by Gasteiger charge is 2.16. The van der Waals surface area contributed by atoms with Gasteiger partial charge in [-0.25, -0.2) is 0 Å². The molecule has 0 bridgehead atoms. The van der Waals surface area contributed by atoms with Crippen molar-refractivity contribution in [2.24, 2.45) is 11.5 Å². The Balaban J connectivity index is 2.13. The third-order valence-corrected chi connectivity index (χ3v) is 6.13. The Kier molecular flexibility index (Phi) is 3.81. The van der Waals surface area contributed by atoms with Crippen molar-refractivity contribution in [1.82, 2.24) is 0 Å². The lowest BCUT2D eigenvalue weighted by Crippen LogP contribution is -2.04. The Hall–Kier alpha value is -0.980. The second-order valence-corrected chi connectivity index (χ2v) is 6.86. The van der Waals surface area contributed by atoms with Crippen molar-refractivity contribution in [3.8, 4) is 20.2 Å². The SMILES string of the molecule is NCc1csc(-c2ccsc2-c2cccs2)c1CN. The van der Waals surface area contributed by atoms with E-state index in [1.54, 1.807) is 34.0 Å². The first-order chi connectivity index (χ1) is 9.35. The Morgan fingerprint density at radius 1 is 0.895 bits per heavy atom. The van der Waals surface area contributed by atoms with Crippen LogP contribution in [0.5, 0.6) is 0 Å². The molecule has 0 aliphatic carbocycles. The molecule has 3 heterocycles. The molecule has 0 amide bonds. The summed E-state index contributed by atoms with van der Waals surface area (Å²) in [6, 6.07) is 6.44. The van der Waals surface area contributed by atoms with E-state index in [9.17, 15) is 0 Å². The van der Waals surface area contributed by atoms with Gasteiger partial charge in [0.15, 0.2) is 0 Å². The standard InChI is InChI=1S/C14H14N2S3/c15-6-9-8-19-13(11(9)7-16)10-3-5-18-14(10)12-2-1-4-17-12/h1-5,8H,6-7,15-16H2. The van der Waals surface area contributed by atoms with Crippen LogP contribution in [0.2, 0.25) is 0 Å². The lowest BCUT2D eigenvalue weighted by Gasteiger charge is -2.04. The lowest BCUT2D eigenvalue weighted by atomic mass is 10.1. The van der Waals surface area contributed by atoms with E-state index in [0.29, 0.717) is 13.1 Å². The van der Waals surface area contributed by atoms with Crippen molar-refractivity contribution in [3.63, 3.8) is 0 Å². The van der Waals surface area contributed by atoms with Crippen LogP contribution in [-0.2, 0) is 13.1 Å². The number of nitrogens with two attached hydrogens (primary N) is 2. The van der Waals surface area contributed by atoms with E-state index >= 15 is 0 Å². The van der Waals surface area contributed by atoms with E-state index in [1.807, 2.05) is 0 Å².